The van der Waals surface area contributed by atoms with E-state index in [2.05, 4.69) is 16.0 Å². The van der Waals surface area contributed by atoms with Crippen molar-refractivity contribution in [1.82, 2.24) is 5.32 Å². The van der Waals surface area contributed by atoms with Crippen molar-refractivity contribution in [2.75, 3.05) is 17.7 Å². The zero-order valence-electron chi connectivity index (χ0n) is 13.6. The quantitative estimate of drug-likeness (QED) is 0.677. The Morgan fingerprint density at radius 2 is 1.32 bits per heavy atom. The molecule has 0 atom stereocenters. The van der Waals surface area contributed by atoms with Crippen LogP contribution in [0.1, 0.15) is 10.4 Å². The van der Waals surface area contributed by atoms with E-state index in [-0.39, 0.29) is 17.3 Å². The predicted octanol–water partition coefficient (Wildman–Crippen LogP) is 2.03. The molecule has 0 saturated heterocycles. The number of anilines is 2. The third-order valence-corrected chi connectivity index (χ3v) is 2.78. The van der Waals surface area contributed by atoms with E-state index < -0.39 is 5.91 Å². The molecule has 3 amide bonds. The molecule has 2 aromatic rings. The van der Waals surface area contributed by atoms with E-state index >= 15 is 0 Å². The van der Waals surface area contributed by atoms with Gasteiger partial charge in [-0.1, -0.05) is 12.1 Å². The van der Waals surface area contributed by atoms with E-state index in [1.165, 1.54) is 19.2 Å². The summed E-state index contributed by atoms with van der Waals surface area (Å²) in [7, 11) is 1.52. The molecule has 0 unspecified atom stereocenters. The Bertz CT molecular complexity index is 687. The summed E-state index contributed by atoms with van der Waals surface area (Å²) in [4.78, 5) is 39.1. The maximum Gasteiger partial charge on any atom is 0.318 e. The van der Waals surface area contributed by atoms with Crippen LogP contribution in [0.2, 0.25) is 0 Å². The van der Waals surface area contributed by atoms with E-state index in [0.717, 1.165) is 0 Å². The highest BCUT2D eigenvalue weighted by Gasteiger charge is 2.10. The number of hydrogen-bond donors (Lipinski definition) is 4. The van der Waals surface area contributed by atoms with Gasteiger partial charge in [-0.2, -0.15) is 0 Å². The molecule has 2 rings (SSSR count). The number of carbonyl (C=O) groups excluding carboxylic acids is 4. The lowest BCUT2D eigenvalue weighted by molar-refractivity contribution is -0.0987. The Labute approximate surface area is 144 Å². The molecule has 8 heteroatoms. The van der Waals surface area contributed by atoms with Crippen LogP contribution < -0.4 is 16.0 Å². The molecule has 0 aliphatic heterocycles. The Kier molecular flexibility index (Phi) is 10.1. The summed E-state index contributed by atoms with van der Waals surface area (Å²) >= 11 is 0. The minimum absolute atomic E-state index is 0.0760. The largest absolute Gasteiger partial charge is 0.507 e. The summed E-state index contributed by atoms with van der Waals surface area (Å²) in [5, 5.41) is 17.3. The van der Waals surface area contributed by atoms with E-state index in [1.807, 2.05) is 13.6 Å². The van der Waals surface area contributed by atoms with Gasteiger partial charge in [0.2, 0.25) is 0 Å². The zero-order chi connectivity index (χ0) is 19.2. The Morgan fingerprint density at radius 3 is 1.80 bits per heavy atom. The highest BCUT2D eigenvalue weighted by molar-refractivity contribution is 6.06. The number of urea groups is 1. The minimum atomic E-state index is -0.403. The van der Waals surface area contributed by atoms with Gasteiger partial charge >= 0.3 is 6.03 Å². The van der Waals surface area contributed by atoms with Crippen molar-refractivity contribution in [3.05, 3.63) is 54.1 Å². The van der Waals surface area contributed by atoms with E-state index in [9.17, 15) is 14.7 Å². The third kappa shape index (κ3) is 6.95. The summed E-state index contributed by atoms with van der Waals surface area (Å²) in [6.45, 7) is 4.00. The number of hydrogen-bond acceptors (Lipinski definition) is 5. The van der Waals surface area contributed by atoms with Gasteiger partial charge < -0.3 is 30.6 Å². The van der Waals surface area contributed by atoms with Crippen LogP contribution in [-0.4, -0.2) is 37.7 Å². The van der Waals surface area contributed by atoms with Gasteiger partial charge in [-0.05, 0) is 36.4 Å². The summed E-state index contributed by atoms with van der Waals surface area (Å²) in [6.07, 6.45) is 0. The molecule has 4 N–H and O–H groups in total. The number of nitrogens with one attached hydrogen (secondary N) is 3. The van der Waals surface area contributed by atoms with E-state index in [1.54, 1.807) is 36.4 Å². The smallest absolute Gasteiger partial charge is 0.318 e. The molecule has 8 nitrogen and oxygen atoms in total. The van der Waals surface area contributed by atoms with Crippen molar-refractivity contribution in [1.29, 1.82) is 0 Å². The first kappa shape index (κ1) is 21.3. The number of aromatic hydroxyl groups is 1. The number of phenols is 1. The fraction of sp³-hybridized carbons (Fsp3) is 0.0588. The van der Waals surface area contributed by atoms with Gasteiger partial charge in [0, 0.05) is 18.4 Å². The van der Waals surface area contributed by atoms with Crippen molar-refractivity contribution < 1.29 is 24.3 Å². The standard InChI is InChI=1S/C15H15N3O3.2CH2O/c1-16-15(21)18-11-8-6-10(7-9-11)17-14(20)12-4-2-3-5-13(12)19;2*1-2/h2-9,19H,1H3,(H,17,20)(H2,16,18,21);2*1H2. The molecular weight excluding hydrogens is 326 g/mol. The highest BCUT2D eigenvalue weighted by Crippen LogP contribution is 2.19. The predicted molar refractivity (Wildman–Crippen MR) is 94.8 cm³/mol. The third-order valence-electron chi connectivity index (χ3n) is 2.78. The summed E-state index contributed by atoms with van der Waals surface area (Å²) in [5.41, 5.74) is 1.37. The van der Waals surface area contributed by atoms with Crippen LogP contribution in [0.5, 0.6) is 5.75 Å². The molecule has 0 heterocycles. The normalized spacial score (nSPS) is 8.52. The lowest BCUT2D eigenvalue weighted by Gasteiger charge is -2.08. The number of benzene rings is 2. The van der Waals surface area contributed by atoms with Crippen LogP contribution in [0.4, 0.5) is 16.2 Å². The Hall–Kier alpha value is -3.68. The minimum Gasteiger partial charge on any atom is -0.507 e. The first-order valence-corrected chi connectivity index (χ1v) is 6.86. The van der Waals surface area contributed by atoms with E-state index in [4.69, 9.17) is 9.59 Å². The van der Waals surface area contributed by atoms with Gasteiger partial charge in [0.25, 0.3) is 5.91 Å². The monoisotopic (exact) mass is 345 g/mol. The van der Waals surface area contributed by atoms with Gasteiger partial charge in [0.15, 0.2) is 0 Å². The first-order valence-electron chi connectivity index (χ1n) is 6.86. The molecule has 0 radical (unpaired) electrons. The first-order chi connectivity index (χ1) is 12.1. The average Bonchev–Trinajstić information content (AvgIpc) is 2.66. The fourth-order valence-corrected chi connectivity index (χ4v) is 1.69. The van der Waals surface area contributed by atoms with Crippen molar-refractivity contribution in [3.63, 3.8) is 0 Å². The number of amides is 3. The Balaban J connectivity index is 0.00000134. The lowest BCUT2D eigenvalue weighted by atomic mass is 10.2. The maximum atomic E-state index is 12.0. The lowest BCUT2D eigenvalue weighted by Crippen LogP contribution is -2.24. The zero-order valence-corrected chi connectivity index (χ0v) is 13.6. The maximum absolute atomic E-state index is 12.0. The number of para-hydroxylation sites is 1. The number of carbonyl (C=O) groups is 4. The van der Waals surface area contributed by atoms with Crippen molar-refractivity contribution >= 4 is 36.9 Å². The molecule has 132 valence electrons. The van der Waals surface area contributed by atoms with E-state index in [0.29, 0.717) is 11.4 Å². The van der Waals surface area contributed by atoms with Crippen LogP contribution in [0, 0.1) is 0 Å². The summed E-state index contributed by atoms with van der Waals surface area (Å²) in [5.74, 6) is -0.479. The second-order valence-electron chi connectivity index (χ2n) is 4.25. The summed E-state index contributed by atoms with van der Waals surface area (Å²) in [6, 6.07) is 12.6. The molecule has 0 bridgehead atoms. The number of phenolic OH excluding ortho intramolecular Hbond substituents is 1. The molecule has 0 aromatic heterocycles. The molecule has 0 aliphatic rings. The molecule has 0 aliphatic carbocycles. The SMILES string of the molecule is C=O.C=O.CNC(=O)Nc1ccc(NC(=O)c2ccccc2O)cc1. The molecule has 25 heavy (non-hydrogen) atoms. The molecule has 0 spiro atoms. The highest BCUT2D eigenvalue weighted by atomic mass is 16.3. The molecular formula is C17H19N3O5. The van der Waals surface area contributed by atoms with Crippen molar-refractivity contribution in [3.8, 4) is 5.75 Å². The topological polar surface area (TPSA) is 125 Å². The Morgan fingerprint density at radius 1 is 0.840 bits per heavy atom. The van der Waals surface area contributed by atoms with Gasteiger partial charge in [-0.15, -0.1) is 0 Å². The molecule has 2 aromatic carbocycles. The van der Waals surface area contributed by atoms with Crippen LogP contribution in [-0.2, 0) is 9.59 Å². The molecule has 0 fully saturated rings. The number of rotatable bonds is 3. The van der Waals surface area contributed by atoms with Gasteiger partial charge in [0.05, 0.1) is 5.56 Å². The van der Waals surface area contributed by atoms with Gasteiger partial charge in [-0.25, -0.2) is 4.79 Å². The van der Waals surface area contributed by atoms with Crippen LogP contribution in [0.3, 0.4) is 0 Å². The summed E-state index contributed by atoms with van der Waals surface area (Å²) < 4.78 is 0. The second-order valence-corrected chi connectivity index (χ2v) is 4.25. The second kappa shape index (κ2) is 11.8. The van der Waals surface area contributed by atoms with Crippen LogP contribution in [0.25, 0.3) is 0 Å². The van der Waals surface area contributed by atoms with Crippen LogP contribution in [0.15, 0.2) is 48.5 Å². The van der Waals surface area contributed by atoms with Crippen molar-refractivity contribution in [2.45, 2.75) is 0 Å². The van der Waals surface area contributed by atoms with Gasteiger partial charge in [-0.3, -0.25) is 4.79 Å². The average molecular weight is 345 g/mol. The van der Waals surface area contributed by atoms with Gasteiger partial charge in [0.1, 0.15) is 19.3 Å². The van der Waals surface area contributed by atoms with Crippen LogP contribution >= 0.6 is 0 Å². The molecule has 0 saturated carbocycles. The fourth-order valence-electron chi connectivity index (χ4n) is 1.69. The van der Waals surface area contributed by atoms with Crippen molar-refractivity contribution in [2.24, 2.45) is 0 Å².